The number of nitrogens with one attached hydrogen (secondary N) is 1. The molecule has 1 atom stereocenters. The number of nitrogens with two attached hydrogens (primary N) is 1. The molecule has 0 aliphatic heterocycles. The maximum absolute atomic E-state index is 12.2. The van der Waals surface area contributed by atoms with Crippen LogP contribution in [-0.2, 0) is 0 Å². The van der Waals surface area contributed by atoms with Gasteiger partial charge in [-0.25, -0.2) is 0 Å². The summed E-state index contributed by atoms with van der Waals surface area (Å²) >= 11 is 0. The van der Waals surface area contributed by atoms with Crippen LogP contribution in [0.1, 0.15) is 36.2 Å². The molecule has 0 spiro atoms. The number of nitro benzene ring substituents is 1. The molecule has 0 aromatic heterocycles. The van der Waals surface area contributed by atoms with Crippen molar-refractivity contribution in [2.75, 3.05) is 6.54 Å². The molecule has 3 N–H and O–H groups in total. The molecule has 6 nitrogen and oxygen atoms in total. The summed E-state index contributed by atoms with van der Waals surface area (Å²) < 4.78 is 0. The van der Waals surface area contributed by atoms with Crippen LogP contribution < -0.4 is 11.1 Å². The van der Waals surface area contributed by atoms with Gasteiger partial charge in [0.15, 0.2) is 0 Å². The fourth-order valence-electron chi connectivity index (χ4n) is 2.01. The number of benzene rings is 1. The van der Waals surface area contributed by atoms with Crippen molar-refractivity contribution >= 4 is 24.0 Å². The van der Waals surface area contributed by atoms with E-state index in [0.29, 0.717) is 23.6 Å². The predicted octanol–water partition coefficient (Wildman–Crippen LogP) is 2.43. The summed E-state index contributed by atoms with van der Waals surface area (Å²) in [6.45, 7) is 6.19. The average Bonchev–Trinajstić information content (AvgIpc) is 2.37. The standard InChI is InChI=1S/C14H21N3O3.ClH/c1-9(2)6-11(8-15)16-14(18)13-7-12(17(19)20)5-4-10(13)3;/h4-5,7,9,11H,6,8,15H2,1-3H3,(H,16,18);1H. The highest BCUT2D eigenvalue weighted by Gasteiger charge is 2.18. The van der Waals surface area contributed by atoms with Crippen LogP contribution in [0.15, 0.2) is 18.2 Å². The molecule has 118 valence electrons. The van der Waals surface area contributed by atoms with Gasteiger partial charge in [-0.1, -0.05) is 19.9 Å². The second kappa shape index (κ2) is 8.59. The summed E-state index contributed by atoms with van der Waals surface area (Å²) in [5, 5.41) is 13.6. The second-order valence-corrected chi connectivity index (χ2v) is 5.29. The van der Waals surface area contributed by atoms with E-state index in [2.05, 4.69) is 5.32 Å². The number of carbonyl (C=O) groups excluding carboxylic acids is 1. The summed E-state index contributed by atoms with van der Waals surface area (Å²) in [4.78, 5) is 22.5. The van der Waals surface area contributed by atoms with E-state index in [-0.39, 0.29) is 30.0 Å². The molecule has 1 unspecified atom stereocenters. The van der Waals surface area contributed by atoms with E-state index in [1.807, 2.05) is 13.8 Å². The molecular weight excluding hydrogens is 294 g/mol. The van der Waals surface area contributed by atoms with Gasteiger partial charge in [0.05, 0.1) is 4.92 Å². The van der Waals surface area contributed by atoms with Crippen LogP contribution in [0.5, 0.6) is 0 Å². The first-order chi connectivity index (χ1) is 9.35. The number of halogens is 1. The van der Waals surface area contributed by atoms with Crippen molar-refractivity contribution in [2.45, 2.75) is 33.2 Å². The zero-order chi connectivity index (χ0) is 15.3. The first-order valence-electron chi connectivity index (χ1n) is 6.61. The maximum Gasteiger partial charge on any atom is 0.270 e. The van der Waals surface area contributed by atoms with Gasteiger partial charge < -0.3 is 11.1 Å². The van der Waals surface area contributed by atoms with Crippen molar-refractivity contribution in [3.63, 3.8) is 0 Å². The van der Waals surface area contributed by atoms with Crippen LogP contribution in [0, 0.1) is 23.0 Å². The Balaban J connectivity index is 0.00000400. The average molecular weight is 316 g/mol. The Kier molecular flexibility index (Phi) is 7.91. The first kappa shape index (κ1) is 19.3. The highest BCUT2D eigenvalue weighted by molar-refractivity contribution is 5.96. The Morgan fingerprint density at radius 1 is 1.43 bits per heavy atom. The summed E-state index contributed by atoms with van der Waals surface area (Å²) in [5.74, 6) is 0.0948. The normalized spacial score (nSPS) is 11.7. The van der Waals surface area contributed by atoms with Crippen LogP contribution in [-0.4, -0.2) is 23.4 Å². The Bertz CT molecular complexity index is 506. The summed E-state index contributed by atoms with van der Waals surface area (Å²) in [6.07, 6.45) is 0.774. The van der Waals surface area contributed by atoms with E-state index in [4.69, 9.17) is 5.73 Å². The summed E-state index contributed by atoms with van der Waals surface area (Å²) in [5.41, 5.74) is 6.57. The Morgan fingerprint density at radius 2 is 2.05 bits per heavy atom. The molecule has 0 heterocycles. The first-order valence-corrected chi connectivity index (χ1v) is 6.61. The number of amides is 1. The van der Waals surface area contributed by atoms with Crippen LogP contribution in [0.25, 0.3) is 0 Å². The van der Waals surface area contributed by atoms with E-state index in [0.717, 1.165) is 6.42 Å². The molecule has 0 aliphatic carbocycles. The molecule has 0 saturated carbocycles. The lowest BCUT2D eigenvalue weighted by atomic mass is 10.0. The van der Waals surface area contributed by atoms with E-state index in [9.17, 15) is 14.9 Å². The molecule has 0 saturated heterocycles. The Morgan fingerprint density at radius 3 is 2.52 bits per heavy atom. The molecule has 0 radical (unpaired) electrons. The predicted molar refractivity (Wildman–Crippen MR) is 84.8 cm³/mol. The largest absolute Gasteiger partial charge is 0.348 e. The van der Waals surface area contributed by atoms with Gasteiger partial charge in [0.2, 0.25) is 0 Å². The third kappa shape index (κ3) is 5.69. The fourth-order valence-corrected chi connectivity index (χ4v) is 2.01. The van der Waals surface area contributed by atoms with Crippen molar-refractivity contribution in [1.82, 2.24) is 5.32 Å². The molecule has 1 aromatic carbocycles. The third-order valence-corrected chi connectivity index (χ3v) is 3.05. The van der Waals surface area contributed by atoms with Crippen LogP contribution >= 0.6 is 12.4 Å². The minimum Gasteiger partial charge on any atom is -0.348 e. The fraction of sp³-hybridized carbons (Fsp3) is 0.500. The SMILES string of the molecule is Cc1ccc([N+](=O)[O-])cc1C(=O)NC(CN)CC(C)C.Cl. The van der Waals surface area contributed by atoms with Gasteiger partial charge in [-0.2, -0.15) is 0 Å². The molecule has 0 fully saturated rings. The van der Waals surface area contributed by atoms with E-state index in [1.165, 1.54) is 12.1 Å². The lowest BCUT2D eigenvalue weighted by Gasteiger charge is -2.19. The second-order valence-electron chi connectivity index (χ2n) is 5.29. The zero-order valence-electron chi connectivity index (χ0n) is 12.5. The molecule has 0 bridgehead atoms. The highest BCUT2D eigenvalue weighted by Crippen LogP contribution is 2.17. The number of hydrogen-bond donors (Lipinski definition) is 2. The van der Waals surface area contributed by atoms with Gasteiger partial charge >= 0.3 is 0 Å². The van der Waals surface area contributed by atoms with E-state index in [1.54, 1.807) is 13.0 Å². The number of aryl methyl sites for hydroxylation is 1. The smallest absolute Gasteiger partial charge is 0.270 e. The molecule has 1 aromatic rings. The van der Waals surface area contributed by atoms with Crippen LogP contribution in [0.3, 0.4) is 0 Å². The lowest BCUT2D eigenvalue weighted by Crippen LogP contribution is -2.41. The number of hydrogen-bond acceptors (Lipinski definition) is 4. The maximum atomic E-state index is 12.2. The molecular formula is C14H22ClN3O3. The van der Waals surface area contributed by atoms with Gasteiger partial charge in [-0.15, -0.1) is 12.4 Å². The molecule has 1 amide bonds. The van der Waals surface area contributed by atoms with E-state index < -0.39 is 4.92 Å². The summed E-state index contributed by atoms with van der Waals surface area (Å²) in [6, 6.07) is 4.14. The topological polar surface area (TPSA) is 98.3 Å². The number of nitrogens with zero attached hydrogens (tertiary/aromatic N) is 1. The number of non-ortho nitro benzene ring substituents is 1. The minimum atomic E-state index is -0.509. The number of carbonyl (C=O) groups is 1. The summed E-state index contributed by atoms with van der Waals surface area (Å²) in [7, 11) is 0. The lowest BCUT2D eigenvalue weighted by molar-refractivity contribution is -0.384. The number of rotatable bonds is 6. The molecule has 7 heteroatoms. The van der Waals surface area contributed by atoms with Gasteiger partial charge in [-0.3, -0.25) is 14.9 Å². The van der Waals surface area contributed by atoms with Crippen LogP contribution in [0.2, 0.25) is 0 Å². The zero-order valence-corrected chi connectivity index (χ0v) is 13.3. The highest BCUT2D eigenvalue weighted by atomic mass is 35.5. The Labute approximate surface area is 130 Å². The quantitative estimate of drug-likeness (QED) is 0.622. The third-order valence-electron chi connectivity index (χ3n) is 3.05. The monoisotopic (exact) mass is 315 g/mol. The number of nitro groups is 1. The van der Waals surface area contributed by atoms with Crippen molar-refractivity contribution in [2.24, 2.45) is 11.7 Å². The van der Waals surface area contributed by atoms with Crippen LogP contribution in [0.4, 0.5) is 5.69 Å². The van der Waals surface area contributed by atoms with Crippen molar-refractivity contribution in [3.8, 4) is 0 Å². The molecule has 0 aliphatic rings. The molecule has 21 heavy (non-hydrogen) atoms. The van der Waals surface area contributed by atoms with Gasteiger partial charge in [-0.05, 0) is 24.8 Å². The van der Waals surface area contributed by atoms with Crippen molar-refractivity contribution in [3.05, 3.63) is 39.4 Å². The van der Waals surface area contributed by atoms with Gasteiger partial charge in [0.25, 0.3) is 11.6 Å². The van der Waals surface area contributed by atoms with Crippen molar-refractivity contribution < 1.29 is 9.72 Å². The minimum absolute atomic E-state index is 0. The van der Waals surface area contributed by atoms with Crippen molar-refractivity contribution in [1.29, 1.82) is 0 Å². The Hall–Kier alpha value is -1.66. The van der Waals surface area contributed by atoms with E-state index >= 15 is 0 Å². The van der Waals surface area contributed by atoms with Gasteiger partial charge in [0, 0.05) is 30.3 Å². The van der Waals surface area contributed by atoms with Gasteiger partial charge in [0.1, 0.15) is 0 Å². The molecule has 1 rings (SSSR count).